The Hall–Kier alpha value is -2.93. The molecule has 2 amide bonds. The third-order valence-electron chi connectivity index (χ3n) is 6.14. The Bertz CT molecular complexity index is 1010. The van der Waals surface area contributed by atoms with Crippen LogP contribution in [0.4, 0.5) is 11.5 Å². The highest BCUT2D eigenvalue weighted by Crippen LogP contribution is 2.52. The van der Waals surface area contributed by atoms with Crippen LogP contribution in [0.3, 0.4) is 0 Å². The van der Waals surface area contributed by atoms with Gasteiger partial charge in [-0.15, -0.1) is 0 Å². The standard InChI is InChI=1S/C22H23N3O4/c1-12(2)14-4-6-15(7-5-14)23-20(26)18-16-8-9-22(28-16)11-25(21(27)19(18)22)17-10-13(3)29-24-17/h4-10,12,16,18-19H,11H2,1-3H3,(H,23,26)/t16-,18-,19+,22+/m0/s1. The molecule has 4 atom stereocenters. The van der Waals surface area contributed by atoms with Gasteiger partial charge in [-0.05, 0) is 30.5 Å². The number of aromatic nitrogens is 1. The van der Waals surface area contributed by atoms with Crippen LogP contribution in [0.5, 0.6) is 0 Å². The Morgan fingerprint density at radius 1 is 1.31 bits per heavy atom. The number of aryl methyl sites for hydroxylation is 1. The molecule has 0 unspecified atom stereocenters. The van der Waals surface area contributed by atoms with Gasteiger partial charge in [0.1, 0.15) is 11.4 Å². The summed E-state index contributed by atoms with van der Waals surface area (Å²) < 4.78 is 11.3. The number of ether oxygens (including phenoxy) is 1. The SMILES string of the molecule is Cc1cc(N2C[C@@]34C=C[C@H](O3)[C@H](C(=O)Nc3ccc(C(C)C)cc3)[C@@H]4C2=O)no1. The number of carbonyl (C=O) groups excluding carboxylic acids is 2. The van der Waals surface area contributed by atoms with Gasteiger partial charge in [0.2, 0.25) is 11.8 Å². The maximum atomic E-state index is 13.2. The summed E-state index contributed by atoms with van der Waals surface area (Å²) in [5, 5.41) is 6.93. The summed E-state index contributed by atoms with van der Waals surface area (Å²) in [5.41, 5.74) is 1.14. The molecule has 4 heterocycles. The molecule has 2 fully saturated rings. The van der Waals surface area contributed by atoms with Gasteiger partial charge >= 0.3 is 0 Å². The van der Waals surface area contributed by atoms with Crippen molar-refractivity contribution in [1.82, 2.24) is 5.16 Å². The summed E-state index contributed by atoms with van der Waals surface area (Å²) in [7, 11) is 0. The zero-order valence-corrected chi connectivity index (χ0v) is 16.6. The van der Waals surface area contributed by atoms with Gasteiger partial charge < -0.3 is 14.6 Å². The van der Waals surface area contributed by atoms with E-state index in [1.165, 1.54) is 5.56 Å². The van der Waals surface area contributed by atoms with Crippen molar-refractivity contribution in [3.8, 4) is 0 Å². The number of nitrogens with one attached hydrogen (secondary N) is 1. The average Bonchev–Trinajstić information content (AvgIpc) is 3.43. The number of carbonyl (C=O) groups is 2. The molecule has 29 heavy (non-hydrogen) atoms. The first-order valence-corrected chi connectivity index (χ1v) is 9.91. The van der Waals surface area contributed by atoms with Crippen LogP contribution in [0.1, 0.15) is 31.1 Å². The van der Waals surface area contributed by atoms with Crippen molar-refractivity contribution in [1.29, 1.82) is 0 Å². The van der Waals surface area contributed by atoms with Crippen LogP contribution >= 0.6 is 0 Å². The highest BCUT2D eigenvalue weighted by atomic mass is 16.5. The molecule has 1 aromatic heterocycles. The summed E-state index contributed by atoms with van der Waals surface area (Å²) in [4.78, 5) is 27.9. The van der Waals surface area contributed by atoms with Crippen molar-refractivity contribution >= 4 is 23.3 Å². The smallest absolute Gasteiger partial charge is 0.235 e. The summed E-state index contributed by atoms with van der Waals surface area (Å²) in [6.07, 6.45) is 3.43. The molecule has 150 valence electrons. The molecular formula is C22H23N3O4. The third-order valence-corrected chi connectivity index (χ3v) is 6.14. The lowest BCUT2D eigenvalue weighted by Gasteiger charge is -2.23. The Kier molecular flexibility index (Phi) is 3.93. The lowest BCUT2D eigenvalue weighted by atomic mass is 9.76. The molecule has 0 radical (unpaired) electrons. The maximum Gasteiger partial charge on any atom is 0.235 e. The topological polar surface area (TPSA) is 84.7 Å². The molecule has 1 N–H and O–H groups in total. The number of rotatable bonds is 4. The predicted molar refractivity (Wildman–Crippen MR) is 106 cm³/mol. The van der Waals surface area contributed by atoms with Crippen LogP contribution in [0.25, 0.3) is 0 Å². The number of fused-ring (bicyclic) bond motifs is 1. The van der Waals surface area contributed by atoms with Gasteiger partial charge in [-0.1, -0.05) is 43.3 Å². The normalized spacial score (nSPS) is 29.7. The van der Waals surface area contributed by atoms with Gasteiger partial charge in [0.25, 0.3) is 0 Å². The van der Waals surface area contributed by atoms with Crippen LogP contribution < -0.4 is 10.2 Å². The fourth-order valence-electron chi connectivity index (χ4n) is 4.65. The lowest BCUT2D eigenvalue weighted by molar-refractivity contribution is -0.128. The van der Waals surface area contributed by atoms with E-state index in [4.69, 9.17) is 9.26 Å². The second-order valence-corrected chi connectivity index (χ2v) is 8.39. The van der Waals surface area contributed by atoms with Crippen molar-refractivity contribution in [3.63, 3.8) is 0 Å². The largest absolute Gasteiger partial charge is 0.360 e. The average molecular weight is 393 g/mol. The molecule has 2 saturated heterocycles. The van der Waals surface area contributed by atoms with E-state index in [0.717, 1.165) is 5.69 Å². The molecule has 0 aliphatic carbocycles. The van der Waals surface area contributed by atoms with E-state index in [-0.39, 0.29) is 17.9 Å². The lowest BCUT2D eigenvalue weighted by Crippen LogP contribution is -2.41. The number of nitrogens with zero attached hydrogens (tertiary/aromatic N) is 2. The van der Waals surface area contributed by atoms with E-state index in [1.54, 1.807) is 17.9 Å². The van der Waals surface area contributed by atoms with Crippen LogP contribution in [-0.4, -0.2) is 35.2 Å². The highest BCUT2D eigenvalue weighted by molar-refractivity contribution is 6.05. The highest BCUT2D eigenvalue weighted by Gasteiger charge is 2.67. The predicted octanol–water partition coefficient (Wildman–Crippen LogP) is 3.03. The summed E-state index contributed by atoms with van der Waals surface area (Å²) in [6, 6.07) is 9.53. The number of benzene rings is 1. The third kappa shape index (κ3) is 2.72. The van der Waals surface area contributed by atoms with E-state index in [0.29, 0.717) is 24.0 Å². The molecule has 7 nitrogen and oxygen atoms in total. The summed E-state index contributed by atoms with van der Waals surface area (Å²) in [6.45, 7) is 6.36. The van der Waals surface area contributed by atoms with E-state index >= 15 is 0 Å². The van der Waals surface area contributed by atoms with Gasteiger partial charge in [-0.3, -0.25) is 14.5 Å². The zero-order chi connectivity index (χ0) is 20.3. The fourth-order valence-corrected chi connectivity index (χ4v) is 4.65. The molecule has 2 bridgehead atoms. The summed E-state index contributed by atoms with van der Waals surface area (Å²) in [5.74, 6) is 0.0172. The van der Waals surface area contributed by atoms with Crippen molar-refractivity contribution < 1.29 is 18.8 Å². The van der Waals surface area contributed by atoms with Crippen LogP contribution in [0.2, 0.25) is 0 Å². The minimum Gasteiger partial charge on any atom is -0.360 e. The monoisotopic (exact) mass is 393 g/mol. The van der Waals surface area contributed by atoms with Crippen LogP contribution in [0, 0.1) is 18.8 Å². The van der Waals surface area contributed by atoms with Crippen molar-refractivity contribution in [2.24, 2.45) is 11.8 Å². The Morgan fingerprint density at radius 2 is 2.07 bits per heavy atom. The molecule has 3 aliphatic rings. The fraction of sp³-hybridized carbons (Fsp3) is 0.409. The second kappa shape index (κ2) is 6.29. The first kappa shape index (κ1) is 18.1. The molecule has 5 rings (SSSR count). The van der Waals surface area contributed by atoms with E-state index in [9.17, 15) is 9.59 Å². The van der Waals surface area contributed by atoms with Crippen molar-refractivity contribution in [2.45, 2.75) is 38.4 Å². The molecule has 7 heteroatoms. The first-order chi connectivity index (χ1) is 13.9. The van der Waals surface area contributed by atoms with Crippen LogP contribution in [-0.2, 0) is 14.3 Å². The molecule has 0 saturated carbocycles. The number of hydrogen-bond acceptors (Lipinski definition) is 5. The Labute approximate surface area is 168 Å². The van der Waals surface area contributed by atoms with Gasteiger partial charge in [0.15, 0.2) is 5.82 Å². The quantitative estimate of drug-likeness (QED) is 0.807. The van der Waals surface area contributed by atoms with Crippen molar-refractivity contribution in [3.05, 3.63) is 53.8 Å². The maximum absolute atomic E-state index is 13.2. The zero-order valence-electron chi connectivity index (χ0n) is 16.6. The second-order valence-electron chi connectivity index (χ2n) is 8.39. The van der Waals surface area contributed by atoms with Crippen LogP contribution in [0.15, 0.2) is 47.0 Å². The van der Waals surface area contributed by atoms with Crippen molar-refractivity contribution in [2.75, 3.05) is 16.8 Å². The van der Waals surface area contributed by atoms with Gasteiger partial charge in [-0.2, -0.15) is 0 Å². The van der Waals surface area contributed by atoms with E-state index < -0.39 is 17.4 Å². The minimum absolute atomic E-state index is 0.152. The number of amides is 2. The Morgan fingerprint density at radius 3 is 2.72 bits per heavy atom. The first-order valence-electron chi connectivity index (χ1n) is 9.91. The van der Waals surface area contributed by atoms with Gasteiger partial charge in [0, 0.05) is 11.8 Å². The number of anilines is 2. The molecule has 3 aliphatic heterocycles. The molecule has 1 spiro atoms. The van der Waals surface area contributed by atoms with E-state index in [1.807, 2.05) is 36.4 Å². The summed E-state index contributed by atoms with van der Waals surface area (Å²) >= 11 is 0. The minimum atomic E-state index is -0.780. The van der Waals surface area contributed by atoms with Gasteiger partial charge in [-0.25, -0.2) is 0 Å². The number of hydrogen-bond donors (Lipinski definition) is 1. The molecular weight excluding hydrogens is 370 g/mol. The Balaban J connectivity index is 1.39. The van der Waals surface area contributed by atoms with Gasteiger partial charge in [0.05, 0.1) is 24.5 Å². The van der Waals surface area contributed by atoms with E-state index in [2.05, 4.69) is 24.3 Å². The molecule has 1 aromatic carbocycles. The molecule has 2 aromatic rings.